The number of carbonyl (C=O) groups is 1. The second-order valence-electron chi connectivity index (χ2n) is 6.25. The monoisotopic (exact) mass is 380 g/mol. The molecule has 0 N–H and O–H groups in total. The molecule has 1 unspecified atom stereocenters. The SMILES string of the molecule is COc1ccc(OC(=O)C2CCCN(c3ncccc3C(F)(F)F)C2)cc1. The number of pyridine rings is 1. The summed E-state index contributed by atoms with van der Waals surface area (Å²) in [6.07, 6.45) is -2.04. The molecule has 0 spiro atoms. The van der Waals surface area contributed by atoms with Gasteiger partial charge in [0.1, 0.15) is 17.3 Å². The highest BCUT2D eigenvalue weighted by Crippen LogP contribution is 2.36. The number of piperidine rings is 1. The Kier molecular flexibility index (Phi) is 5.53. The Hall–Kier alpha value is -2.77. The van der Waals surface area contributed by atoms with Crippen molar-refractivity contribution in [2.45, 2.75) is 19.0 Å². The number of anilines is 1. The van der Waals surface area contributed by atoms with Crippen molar-refractivity contribution in [3.63, 3.8) is 0 Å². The van der Waals surface area contributed by atoms with E-state index in [2.05, 4.69) is 4.98 Å². The quantitative estimate of drug-likeness (QED) is 0.594. The van der Waals surface area contributed by atoms with Crippen LogP contribution in [0.1, 0.15) is 18.4 Å². The van der Waals surface area contributed by atoms with Crippen molar-refractivity contribution < 1.29 is 27.4 Å². The van der Waals surface area contributed by atoms with Gasteiger partial charge < -0.3 is 14.4 Å². The van der Waals surface area contributed by atoms with Crippen LogP contribution in [0, 0.1) is 5.92 Å². The third kappa shape index (κ3) is 4.50. The van der Waals surface area contributed by atoms with Crippen LogP contribution in [0.5, 0.6) is 11.5 Å². The molecule has 3 rings (SSSR count). The van der Waals surface area contributed by atoms with Crippen LogP contribution in [0.25, 0.3) is 0 Å². The minimum atomic E-state index is -4.50. The standard InChI is InChI=1S/C19H19F3N2O3/c1-26-14-6-8-15(9-7-14)27-18(25)13-4-3-11-24(12-13)17-16(19(20,21)22)5-2-10-23-17/h2,5-10,13H,3-4,11-12H2,1H3. The predicted molar refractivity (Wildman–Crippen MR) is 92.8 cm³/mol. The molecule has 5 nitrogen and oxygen atoms in total. The Morgan fingerprint density at radius 2 is 1.89 bits per heavy atom. The lowest BCUT2D eigenvalue weighted by molar-refractivity contribution is -0.139. The minimum Gasteiger partial charge on any atom is -0.497 e. The molecule has 0 aliphatic carbocycles. The van der Waals surface area contributed by atoms with E-state index in [1.54, 1.807) is 24.3 Å². The van der Waals surface area contributed by atoms with E-state index < -0.39 is 23.6 Å². The molecule has 27 heavy (non-hydrogen) atoms. The Balaban J connectivity index is 1.71. The summed E-state index contributed by atoms with van der Waals surface area (Å²) in [5, 5.41) is 0. The van der Waals surface area contributed by atoms with E-state index in [4.69, 9.17) is 9.47 Å². The van der Waals surface area contributed by atoms with Crippen LogP contribution in [-0.2, 0) is 11.0 Å². The van der Waals surface area contributed by atoms with Gasteiger partial charge in [-0.25, -0.2) is 4.98 Å². The number of nitrogens with zero attached hydrogens (tertiary/aromatic N) is 2. The lowest BCUT2D eigenvalue weighted by atomic mass is 9.97. The van der Waals surface area contributed by atoms with Gasteiger partial charge in [-0.1, -0.05) is 0 Å². The largest absolute Gasteiger partial charge is 0.497 e. The van der Waals surface area contributed by atoms with Gasteiger partial charge in [0.2, 0.25) is 0 Å². The highest BCUT2D eigenvalue weighted by atomic mass is 19.4. The molecule has 1 fully saturated rings. The number of hydrogen-bond donors (Lipinski definition) is 0. The van der Waals surface area contributed by atoms with Gasteiger partial charge in [-0.2, -0.15) is 13.2 Å². The zero-order valence-corrected chi connectivity index (χ0v) is 14.7. The molecule has 1 aromatic carbocycles. The highest BCUT2D eigenvalue weighted by molar-refractivity contribution is 5.76. The van der Waals surface area contributed by atoms with Gasteiger partial charge in [0, 0.05) is 19.3 Å². The topological polar surface area (TPSA) is 51.7 Å². The van der Waals surface area contributed by atoms with Crippen LogP contribution < -0.4 is 14.4 Å². The summed E-state index contributed by atoms with van der Waals surface area (Å²) in [5.41, 5.74) is -0.797. The number of rotatable bonds is 4. The van der Waals surface area contributed by atoms with Crippen LogP contribution in [0.15, 0.2) is 42.6 Å². The lowest BCUT2D eigenvalue weighted by Crippen LogP contribution is -2.41. The van der Waals surface area contributed by atoms with Crippen molar-refractivity contribution >= 4 is 11.8 Å². The Morgan fingerprint density at radius 1 is 1.19 bits per heavy atom. The van der Waals surface area contributed by atoms with Crippen LogP contribution >= 0.6 is 0 Å². The fourth-order valence-electron chi connectivity index (χ4n) is 3.08. The summed E-state index contributed by atoms with van der Waals surface area (Å²) in [6.45, 7) is 0.543. The van der Waals surface area contributed by atoms with E-state index in [1.165, 1.54) is 24.3 Å². The van der Waals surface area contributed by atoms with Crippen molar-refractivity contribution in [3.05, 3.63) is 48.2 Å². The Morgan fingerprint density at radius 3 is 2.56 bits per heavy atom. The predicted octanol–water partition coefficient (Wildman–Crippen LogP) is 3.93. The minimum absolute atomic E-state index is 0.134. The fraction of sp³-hybridized carbons (Fsp3) is 0.368. The molecule has 1 aromatic heterocycles. The molecule has 1 aliphatic rings. The molecule has 2 aromatic rings. The lowest BCUT2D eigenvalue weighted by Gasteiger charge is -2.33. The van der Waals surface area contributed by atoms with Crippen molar-refractivity contribution in [3.8, 4) is 11.5 Å². The maximum atomic E-state index is 13.2. The van der Waals surface area contributed by atoms with Crippen LogP contribution in [-0.4, -0.2) is 31.2 Å². The van der Waals surface area contributed by atoms with Gasteiger partial charge in [0.05, 0.1) is 18.6 Å². The molecule has 0 radical (unpaired) electrons. The van der Waals surface area contributed by atoms with Crippen molar-refractivity contribution in [1.29, 1.82) is 0 Å². The van der Waals surface area contributed by atoms with Gasteiger partial charge in [-0.3, -0.25) is 4.79 Å². The first-order chi connectivity index (χ1) is 12.9. The third-order valence-corrected chi connectivity index (χ3v) is 4.42. The Bertz CT molecular complexity index is 794. The molecule has 1 atom stereocenters. The summed E-state index contributed by atoms with van der Waals surface area (Å²) < 4.78 is 50.1. The molecule has 1 saturated heterocycles. The fourth-order valence-corrected chi connectivity index (χ4v) is 3.08. The van der Waals surface area contributed by atoms with Gasteiger partial charge >= 0.3 is 12.1 Å². The number of ether oxygens (including phenoxy) is 2. The van der Waals surface area contributed by atoms with Crippen LogP contribution in [0.2, 0.25) is 0 Å². The molecule has 0 bridgehead atoms. The summed E-state index contributed by atoms with van der Waals surface area (Å²) >= 11 is 0. The second-order valence-corrected chi connectivity index (χ2v) is 6.25. The van der Waals surface area contributed by atoms with Gasteiger partial charge in [0.15, 0.2) is 0 Å². The smallest absolute Gasteiger partial charge is 0.419 e. The number of hydrogen-bond acceptors (Lipinski definition) is 5. The first-order valence-corrected chi connectivity index (χ1v) is 8.51. The molecule has 8 heteroatoms. The van der Waals surface area contributed by atoms with E-state index >= 15 is 0 Å². The molecule has 0 amide bonds. The summed E-state index contributed by atoms with van der Waals surface area (Å²) in [7, 11) is 1.53. The van der Waals surface area contributed by atoms with Gasteiger partial charge in [-0.15, -0.1) is 0 Å². The molecular weight excluding hydrogens is 361 g/mol. The normalized spacial score (nSPS) is 17.5. The molecule has 144 valence electrons. The number of carbonyl (C=O) groups excluding carboxylic acids is 1. The summed E-state index contributed by atoms with van der Waals surface area (Å²) in [5.74, 6) is -0.134. The molecule has 1 aliphatic heterocycles. The second kappa shape index (κ2) is 7.85. The average molecular weight is 380 g/mol. The number of aromatic nitrogens is 1. The Labute approximate surface area is 154 Å². The number of halogens is 3. The van der Waals surface area contributed by atoms with Gasteiger partial charge in [-0.05, 0) is 49.2 Å². The summed E-state index contributed by atoms with van der Waals surface area (Å²) in [4.78, 5) is 17.9. The maximum Gasteiger partial charge on any atom is 0.419 e. The van der Waals surface area contributed by atoms with E-state index in [0.29, 0.717) is 30.9 Å². The highest BCUT2D eigenvalue weighted by Gasteiger charge is 2.37. The third-order valence-electron chi connectivity index (χ3n) is 4.42. The van der Waals surface area contributed by atoms with E-state index in [-0.39, 0.29) is 12.4 Å². The van der Waals surface area contributed by atoms with Crippen LogP contribution in [0.4, 0.5) is 19.0 Å². The van der Waals surface area contributed by atoms with Crippen molar-refractivity contribution in [1.82, 2.24) is 4.98 Å². The molecule has 2 heterocycles. The average Bonchev–Trinajstić information content (AvgIpc) is 2.68. The zero-order chi connectivity index (χ0) is 19.4. The zero-order valence-electron chi connectivity index (χ0n) is 14.7. The van der Waals surface area contributed by atoms with Crippen molar-refractivity contribution in [2.24, 2.45) is 5.92 Å². The van der Waals surface area contributed by atoms with Gasteiger partial charge in [0.25, 0.3) is 0 Å². The first kappa shape index (κ1) is 19.0. The number of esters is 1. The van der Waals surface area contributed by atoms with Crippen LogP contribution in [0.3, 0.4) is 0 Å². The van der Waals surface area contributed by atoms with Crippen molar-refractivity contribution in [2.75, 3.05) is 25.1 Å². The number of methoxy groups -OCH3 is 1. The van der Waals surface area contributed by atoms with E-state index in [1.807, 2.05) is 0 Å². The molecule has 0 saturated carbocycles. The van der Waals surface area contributed by atoms with E-state index in [9.17, 15) is 18.0 Å². The maximum absolute atomic E-state index is 13.2. The number of alkyl halides is 3. The number of benzene rings is 1. The molecular formula is C19H19F3N2O3. The first-order valence-electron chi connectivity index (χ1n) is 8.51. The van der Waals surface area contributed by atoms with E-state index in [0.717, 1.165) is 6.07 Å². The summed E-state index contributed by atoms with van der Waals surface area (Å²) in [6, 6.07) is 8.81.